The second-order valence-corrected chi connectivity index (χ2v) is 15.7. The van der Waals surface area contributed by atoms with Crippen LogP contribution in [0.3, 0.4) is 0 Å². The minimum atomic E-state index is -2.17. The van der Waals surface area contributed by atoms with Gasteiger partial charge < -0.3 is 24.3 Å². The van der Waals surface area contributed by atoms with E-state index in [2.05, 4.69) is 39.2 Å². The molecule has 26 heavy (non-hydrogen) atoms. The number of aliphatic hydroxyl groups excluding tert-OH is 1. The maximum absolute atomic E-state index is 12.2. The summed E-state index contributed by atoms with van der Waals surface area (Å²) in [7, 11) is -2.08. The van der Waals surface area contributed by atoms with Gasteiger partial charge in [-0.25, -0.2) is 0 Å². The lowest BCUT2D eigenvalue weighted by atomic mass is 9.92. The van der Waals surface area contributed by atoms with Gasteiger partial charge in [0.15, 0.2) is 14.1 Å². The van der Waals surface area contributed by atoms with Crippen molar-refractivity contribution < 1.29 is 23.8 Å². The normalized spacial score (nSPS) is 27.3. The molecule has 0 aromatic carbocycles. The number of carbonyl (C=O) groups excluding carboxylic acids is 1. The van der Waals surface area contributed by atoms with Crippen LogP contribution in [0, 0.1) is 0 Å². The molecule has 1 amide bonds. The Morgan fingerprint density at radius 1 is 1.31 bits per heavy atom. The molecular formula is C16H30Cl3NO5Si. The van der Waals surface area contributed by atoms with Crippen LogP contribution < -0.4 is 5.32 Å². The number of hydrogen-bond donors (Lipinski definition) is 2. The highest BCUT2D eigenvalue weighted by Gasteiger charge is 2.52. The van der Waals surface area contributed by atoms with E-state index in [1.165, 1.54) is 0 Å². The van der Waals surface area contributed by atoms with Gasteiger partial charge in [0, 0.05) is 0 Å². The molecule has 1 rings (SSSR count). The molecule has 6 nitrogen and oxygen atoms in total. The van der Waals surface area contributed by atoms with Crippen molar-refractivity contribution >= 4 is 49.0 Å². The van der Waals surface area contributed by atoms with Crippen molar-refractivity contribution in [1.29, 1.82) is 0 Å². The lowest BCUT2D eigenvalue weighted by Gasteiger charge is -2.49. The van der Waals surface area contributed by atoms with Crippen LogP contribution in [0.15, 0.2) is 0 Å². The highest BCUT2D eigenvalue weighted by atomic mass is 35.6. The standard InChI is InChI=1S/C16H30Cl3NO5Si/c1-13(2,3)26(6,7)24-8-11-15(9-21,10-23-14(4,5)25-11)20-12(22)16(17,18)19/h11,21H,8-10H2,1-7H3,(H,20,22)/t11-,15-/m1/s1. The molecule has 1 saturated heterocycles. The number of carbonyl (C=O) groups is 1. The van der Waals surface area contributed by atoms with Gasteiger partial charge in [0.05, 0.1) is 19.8 Å². The highest BCUT2D eigenvalue weighted by Crippen LogP contribution is 2.38. The zero-order chi connectivity index (χ0) is 20.6. The first-order chi connectivity index (χ1) is 11.5. The maximum atomic E-state index is 12.2. The van der Waals surface area contributed by atoms with Crippen molar-refractivity contribution in [2.45, 2.75) is 74.0 Å². The van der Waals surface area contributed by atoms with Crippen LogP contribution in [0.5, 0.6) is 0 Å². The molecule has 2 N–H and O–H groups in total. The van der Waals surface area contributed by atoms with Crippen LogP contribution in [-0.4, -0.2) is 60.4 Å². The van der Waals surface area contributed by atoms with Gasteiger partial charge in [-0.3, -0.25) is 4.79 Å². The van der Waals surface area contributed by atoms with E-state index < -0.39 is 42.1 Å². The largest absolute Gasteiger partial charge is 0.414 e. The zero-order valence-electron chi connectivity index (χ0n) is 16.4. The first-order valence-electron chi connectivity index (χ1n) is 8.42. The Kier molecular flexibility index (Phi) is 7.54. The first-order valence-corrected chi connectivity index (χ1v) is 12.5. The molecule has 0 aromatic rings. The molecular weight excluding hydrogens is 421 g/mol. The minimum absolute atomic E-state index is 0.00359. The summed E-state index contributed by atoms with van der Waals surface area (Å²) < 4.78 is 15.7. The number of aliphatic hydroxyl groups is 1. The smallest absolute Gasteiger partial charge is 0.272 e. The van der Waals surface area contributed by atoms with E-state index in [4.69, 9.17) is 48.7 Å². The van der Waals surface area contributed by atoms with Crippen LogP contribution >= 0.6 is 34.8 Å². The monoisotopic (exact) mass is 449 g/mol. The fourth-order valence-corrected chi connectivity index (χ4v) is 3.32. The van der Waals surface area contributed by atoms with Crippen LogP contribution in [0.25, 0.3) is 0 Å². The molecule has 1 fully saturated rings. The fourth-order valence-electron chi connectivity index (χ4n) is 2.18. The SMILES string of the molecule is CC1(C)OC[C@@](CO)(NC(=O)C(Cl)(Cl)Cl)[C@@H](CO[Si](C)(C)C(C)(C)C)O1. The second kappa shape index (κ2) is 8.03. The molecule has 1 heterocycles. The van der Waals surface area contributed by atoms with Gasteiger partial charge in [0.1, 0.15) is 11.6 Å². The lowest BCUT2D eigenvalue weighted by Crippen LogP contribution is -2.70. The van der Waals surface area contributed by atoms with Crippen molar-refractivity contribution in [3.8, 4) is 0 Å². The van der Waals surface area contributed by atoms with Crippen LogP contribution in [-0.2, 0) is 18.7 Å². The predicted octanol–water partition coefficient (Wildman–Crippen LogP) is 3.38. The van der Waals surface area contributed by atoms with Gasteiger partial charge in [-0.15, -0.1) is 0 Å². The maximum Gasteiger partial charge on any atom is 0.272 e. The van der Waals surface area contributed by atoms with E-state index in [-0.39, 0.29) is 18.3 Å². The number of alkyl halides is 3. The number of rotatable bonds is 5. The van der Waals surface area contributed by atoms with E-state index >= 15 is 0 Å². The van der Waals surface area contributed by atoms with E-state index in [0.29, 0.717) is 0 Å². The number of amides is 1. The summed E-state index contributed by atoms with van der Waals surface area (Å²) >= 11 is 17.0. The molecule has 2 atom stereocenters. The summed E-state index contributed by atoms with van der Waals surface area (Å²) in [6.45, 7) is 13.8. The molecule has 0 radical (unpaired) electrons. The van der Waals surface area contributed by atoms with E-state index in [1.807, 2.05) is 0 Å². The van der Waals surface area contributed by atoms with Crippen LogP contribution in [0.1, 0.15) is 34.6 Å². The zero-order valence-corrected chi connectivity index (χ0v) is 19.7. The van der Waals surface area contributed by atoms with Gasteiger partial charge in [0.2, 0.25) is 0 Å². The van der Waals surface area contributed by atoms with E-state index in [9.17, 15) is 9.90 Å². The summed E-state index contributed by atoms with van der Waals surface area (Å²) in [6, 6.07) is 0. The van der Waals surface area contributed by atoms with Gasteiger partial charge in [-0.05, 0) is 32.0 Å². The van der Waals surface area contributed by atoms with Gasteiger partial charge in [-0.2, -0.15) is 0 Å². The Morgan fingerprint density at radius 2 is 1.85 bits per heavy atom. The third-order valence-electron chi connectivity index (χ3n) is 5.02. The molecule has 1 aliphatic heterocycles. The summed E-state index contributed by atoms with van der Waals surface area (Å²) in [5, 5.41) is 12.6. The van der Waals surface area contributed by atoms with Crippen molar-refractivity contribution in [2.75, 3.05) is 19.8 Å². The quantitative estimate of drug-likeness (QED) is 0.496. The topological polar surface area (TPSA) is 77.0 Å². The van der Waals surface area contributed by atoms with Crippen LogP contribution in [0.2, 0.25) is 18.1 Å². The van der Waals surface area contributed by atoms with Gasteiger partial charge in [0.25, 0.3) is 9.70 Å². The Labute approximate surface area is 171 Å². The Hall–Kier alpha value is 0.397. The first kappa shape index (κ1) is 24.4. The van der Waals surface area contributed by atoms with Gasteiger partial charge >= 0.3 is 0 Å². The average Bonchev–Trinajstić information content (AvgIpc) is 2.45. The minimum Gasteiger partial charge on any atom is -0.414 e. The van der Waals surface area contributed by atoms with Crippen molar-refractivity contribution in [3.05, 3.63) is 0 Å². The third kappa shape index (κ3) is 5.94. The molecule has 0 unspecified atom stereocenters. The third-order valence-corrected chi connectivity index (χ3v) is 10.0. The fraction of sp³-hybridized carbons (Fsp3) is 0.938. The molecule has 0 aromatic heterocycles. The number of nitrogens with one attached hydrogen (secondary N) is 1. The molecule has 10 heteroatoms. The number of hydrogen-bond acceptors (Lipinski definition) is 5. The highest BCUT2D eigenvalue weighted by molar-refractivity contribution is 6.76. The molecule has 0 bridgehead atoms. The summed E-state index contributed by atoms with van der Waals surface area (Å²) in [6.07, 6.45) is -0.679. The molecule has 1 aliphatic rings. The molecule has 0 saturated carbocycles. The second-order valence-electron chi connectivity index (χ2n) is 8.63. The van der Waals surface area contributed by atoms with Crippen molar-refractivity contribution in [3.63, 3.8) is 0 Å². The Bertz CT molecular complexity index is 519. The predicted molar refractivity (Wildman–Crippen MR) is 106 cm³/mol. The Morgan fingerprint density at radius 3 is 2.27 bits per heavy atom. The molecule has 0 spiro atoms. The van der Waals surface area contributed by atoms with E-state index in [0.717, 1.165) is 0 Å². The Balaban J connectivity index is 3.08. The van der Waals surface area contributed by atoms with Crippen LogP contribution in [0.4, 0.5) is 0 Å². The summed E-state index contributed by atoms with van der Waals surface area (Å²) in [5.41, 5.74) is -1.28. The van der Waals surface area contributed by atoms with Crippen molar-refractivity contribution in [1.82, 2.24) is 5.32 Å². The number of ether oxygens (including phenoxy) is 2. The lowest BCUT2D eigenvalue weighted by molar-refractivity contribution is -0.309. The molecule has 0 aliphatic carbocycles. The van der Waals surface area contributed by atoms with E-state index in [1.54, 1.807) is 13.8 Å². The summed E-state index contributed by atoms with van der Waals surface area (Å²) in [5.74, 6) is -1.76. The van der Waals surface area contributed by atoms with Gasteiger partial charge in [-0.1, -0.05) is 55.6 Å². The molecule has 154 valence electrons. The number of halogens is 3. The average molecular weight is 451 g/mol. The van der Waals surface area contributed by atoms with Crippen molar-refractivity contribution in [2.24, 2.45) is 0 Å². The summed E-state index contributed by atoms with van der Waals surface area (Å²) in [4.78, 5) is 12.2.